The fourth-order valence-electron chi connectivity index (χ4n) is 5.56. The van der Waals surface area contributed by atoms with E-state index in [-0.39, 0.29) is 34.1 Å². The Bertz CT molecular complexity index is 1950. The van der Waals surface area contributed by atoms with Crippen LogP contribution in [0.2, 0.25) is 0 Å². The summed E-state index contributed by atoms with van der Waals surface area (Å²) >= 11 is 0. The second kappa shape index (κ2) is 30.7. The number of azide groups is 1. The number of sulfone groups is 2. The smallest absolute Gasteiger partial charge is 0.251 e. The van der Waals surface area contributed by atoms with E-state index in [9.17, 15) is 26.4 Å². The molecule has 0 aromatic heterocycles. The molecule has 0 aliphatic heterocycles. The number of ketones is 1. The predicted octanol–water partition coefficient (Wildman–Crippen LogP) is 4.22. The summed E-state index contributed by atoms with van der Waals surface area (Å²) in [6.07, 6.45) is 0. The summed E-state index contributed by atoms with van der Waals surface area (Å²) in [5.74, 6) is -3.91. The average molecular weight is 921 g/mol. The zero-order valence-electron chi connectivity index (χ0n) is 36.0. The first kappa shape index (κ1) is 53.0. The molecule has 1 amide bonds. The van der Waals surface area contributed by atoms with Crippen molar-refractivity contribution in [3.63, 3.8) is 0 Å². The Hall–Kier alpha value is -4.31. The van der Waals surface area contributed by atoms with E-state index in [0.29, 0.717) is 106 Å². The van der Waals surface area contributed by atoms with Crippen LogP contribution in [0.4, 0.5) is 0 Å². The molecule has 0 spiro atoms. The van der Waals surface area contributed by atoms with E-state index in [1.165, 1.54) is 48.5 Å². The molecule has 3 aromatic carbocycles. The van der Waals surface area contributed by atoms with Crippen LogP contribution in [0.5, 0.6) is 0 Å². The van der Waals surface area contributed by atoms with E-state index in [1.54, 1.807) is 24.3 Å². The van der Waals surface area contributed by atoms with Crippen molar-refractivity contribution in [3.8, 4) is 0 Å². The minimum absolute atomic E-state index is 0.00976. The highest BCUT2D eigenvalue weighted by Gasteiger charge is 2.33. The molecule has 0 saturated heterocycles. The van der Waals surface area contributed by atoms with Gasteiger partial charge in [0.25, 0.3) is 5.91 Å². The SMILES string of the molecule is Cc1ccc(S(=O)(=O)CC(CS(=O)(=O)c2ccc(C)cc2)C(=O)c2ccc(C(=O)NCCOCCOCCOCCOCCOCCOCCOCCOCCN=[N+]=[N-])cc2)cc1. The zero-order chi connectivity index (χ0) is 45.6. The van der Waals surface area contributed by atoms with Crippen LogP contribution in [0.3, 0.4) is 0 Å². The highest BCUT2D eigenvalue weighted by molar-refractivity contribution is 7.92. The van der Waals surface area contributed by atoms with Gasteiger partial charge in [-0.2, -0.15) is 0 Å². The summed E-state index contributed by atoms with van der Waals surface area (Å²) in [5.41, 5.74) is 10.2. The number of hydrogen-bond donors (Lipinski definition) is 1. The number of benzene rings is 3. The molecule has 0 heterocycles. The number of ether oxygens (including phenoxy) is 8. The number of nitrogens with one attached hydrogen (secondary N) is 1. The summed E-state index contributed by atoms with van der Waals surface area (Å²) < 4.78 is 97.1. The first-order valence-electron chi connectivity index (χ1n) is 20.6. The molecule has 0 bridgehead atoms. The third-order valence-corrected chi connectivity index (χ3v) is 12.6. The number of amides is 1. The lowest BCUT2D eigenvalue weighted by Gasteiger charge is -2.17. The van der Waals surface area contributed by atoms with Gasteiger partial charge in [-0.3, -0.25) is 9.59 Å². The minimum atomic E-state index is -4.04. The van der Waals surface area contributed by atoms with Crippen molar-refractivity contribution >= 4 is 31.4 Å². The van der Waals surface area contributed by atoms with E-state index >= 15 is 0 Å². The van der Waals surface area contributed by atoms with Crippen molar-refractivity contribution in [2.75, 3.05) is 130 Å². The van der Waals surface area contributed by atoms with Crippen LogP contribution in [0, 0.1) is 19.8 Å². The molecular weight excluding hydrogens is 861 g/mol. The standard InChI is InChI=1S/C43H60N4O14S2/c1-35-3-11-40(12-4-35)62(50,51)33-39(34-63(52,53)41-13-5-36(2)6-14-41)42(48)37-7-9-38(10-8-37)43(49)45-15-17-54-19-21-56-23-25-58-27-29-60-31-32-61-30-28-59-26-24-57-22-20-55-18-16-46-47-44/h3-14,39H,15-34H2,1-2H3,(H,45,49). The van der Waals surface area contributed by atoms with Crippen molar-refractivity contribution in [2.45, 2.75) is 23.6 Å². The van der Waals surface area contributed by atoms with Gasteiger partial charge in [0.1, 0.15) is 0 Å². The molecule has 0 radical (unpaired) electrons. The molecule has 0 atom stereocenters. The second-order valence-corrected chi connectivity index (χ2v) is 18.0. The normalized spacial score (nSPS) is 11.7. The zero-order valence-corrected chi connectivity index (χ0v) is 37.7. The van der Waals surface area contributed by atoms with Crippen LogP contribution in [0.1, 0.15) is 31.8 Å². The molecular formula is C43H60N4O14S2. The van der Waals surface area contributed by atoms with Gasteiger partial charge in [0.05, 0.1) is 133 Å². The van der Waals surface area contributed by atoms with Gasteiger partial charge in [-0.05, 0) is 55.8 Å². The molecule has 0 aliphatic carbocycles. The molecule has 1 N–H and O–H groups in total. The van der Waals surface area contributed by atoms with Crippen molar-refractivity contribution in [1.82, 2.24) is 5.32 Å². The first-order chi connectivity index (χ1) is 30.4. The van der Waals surface area contributed by atoms with Crippen LogP contribution in [-0.4, -0.2) is 159 Å². The van der Waals surface area contributed by atoms with Gasteiger partial charge < -0.3 is 43.2 Å². The maximum atomic E-state index is 13.8. The van der Waals surface area contributed by atoms with Crippen molar-refractivity contribution in [1.29, 1.82) is 0 Å². The summed E-state index contributed by atoms with van der Waals surface area (Å²) in [7, 11) is -8.08. The van der Waals surface area contributed by atoms with Crippen LogP contribution in [-0.2, 0) is 57.6 Å². The number of nitrogens with zero attached hydrogens (tertiary/aromatic N) is 3. The Labute approximate surface area is 370 Å². The number of carbonyl (C=O) groups excluding carboxylic acids is 2. The fourth-order valence-corrected chi connectivity index (χ4v) is 8.80. The maximum absolute atomic E-state index is 13.8. The summed E-state index contributed by atoms with van der Waals surface area (Å²) in [4.78, 5) is 29.2. The highest BCUT2D eigenvalue weighted by atomic mass is 32.2. The minimum Gasteiger partial charge on any atom is -0.379 e. The summed E-state index contributed by atoms with van der Waals surface area (Å²) in [5, 5.41) is 6.11. The van der Waals surface area contributed by atoms with E-state index in [0.717, 1.165) is 11.1 Å². The average Bonchev–Trinajstić information content (AvgIpc) is 3.27. The van der Waals surface area contributed by atoms with Gasteiger partial charge in [0.15, 0.2) is 25.5 Å². The van der Waals surface area contributed by atoms with Gasteiger partial charge in [0, 0.05) is 29.1 Å². The Morgan fingerprint density at radius 1 is 0.524 bits per heavy atom. The molecule has 3 aromatic rings. The molecule has 3 rings (SSSR count). The number of carbonyl (C=O) groups is 2. The molecule has 0 unspecified atom stereocenters. The van der Waals surface area contributed by atoms with Gasteiger partial charge in [-0.1, -0.05) is 52.6 Å². The molecule has 63 heavy (non-hydrogen) atoms. The Morgan fingerprint density at radius 2 is 0.857 bits per heavy atom. The van der Waals surface area contributed by atoms with Crippen LogP contribution in [0.15, 0.2) is 87.7 Å². The van der Waals surface area contributed by atoms with Gasteiger partial charge in [-0.15, -0.1) is 0 Å². The third kappa shape index (κ3) is 22.2. The monoisotopic (exact) mass is 920 g/mol. The molecule has 0 saturated carbocycles. The lowest BCUT2D eigenvalue weighted by Crippen LogP contribution is -2.31. The Morgan fingerprint density at radius 3 is 1.22 bits per heavy atom. The summed E-state index contributed by atoms with van der Waals surface area (Å²) in [6.45, 7) is 10.6. The molecule has 0 fully saturated rings. The topological polar surface area (TPSA) is 237 Å². The van der Waals surface area contributed by atoms with E-state index in [2.05, 4.69) is 15.3 Å². The number of hydrogen-bond acceptors (Lipinski definition) is 15. The van der Waals surface area contributed by atoms with Gasteiger partial charge >= 0.3 is 0 Å². The number of Topliss-reactive ketones (excluding diaryl/α,β-unsaturated/α-hetero) is 1. The number of aryl methyl sites for hydroxylation is 2. The van der Waals surface area contributed by atoms with E-state index in [1.807, 2.05) is 13.8 Å². The van der Waals surface area contributed by atoms with Gasteiger partial charge in [-0.25, -0.2) is 16.8 Å². The Kier molecular flexibility index (Phi) is 25.9. The van der Waals surface area contributed by atoms with Crippen LogP contribution >= 0.6 is 0 Å². The molecule has 18 nitrogen and oxygen atoms in total. The number of rotatable bonds is 36. The fraction of sp³-hybridized carbons (Fsp3) is 0.535. The summed E-state index contributed by atoms with van der Waals surface area (Å²) in [6, 6.07) is 17.9. The van der Waals surface area contributed by atoms with Crippen LogP contribution < -0.4 is 5.32 Å². The molecule has 20 heteroatoms. The lowest BCUT2D eigenvalue weighted by molar-refractivity contribution is -0.0228. The second-order valence-electron chi connectivity index (χ2n) is 13.9. The molecule has 0 aliphatic rings. The van der Waals surface area contributed by atoms with Crippen molar-refractivity contribution < 1.29 is 64.3 Å². The van der Waals surface area contributed by atoms with Gasteiger partial charge in [0.2, 0.25) is 0 Å². The first-order valence-corrected chi connectivity index (χ1v) is 23.9. The Balaban J connectivity index is 1.23. The quantitative estimate of drug-likeness (QED) is 0.0283. The third-order valence-electron chi connectivity index (χ3n) is 8.94. The van der Waals surface area contributed by atoms with Crippen LogP contribution in [0.25, 0.3) is 10.4 Å². The van der Waals surface area contributed by atoms with E-state index in [4.69, 9.17) is 43.4 Å². The predicted molar refractivity (Wildman–Crippen MR) is 234 cm³/mol. The molecule has 348 valence electrons. The highest BCUT2D eigenvalue weighted by Crippen LogP contribution is 2.23. The largest absolute Gasteiger partial charge is 0.379 e. The van der Waals surface area contributed by atoms with Crippen molar-refractivity contribution in [3.05, 3.63) is 105 Å². The lowest BCUT2D eigenvalue weighted by atomic mass is 9.99. The van der Waals surface area contributed by atoms with E-state index < -0.39 is 48.8 Å². The maximum Gasteiger partial charge on any atom is 0.251 e. The van der Waals surface area contributed by atoms with Crippen molar-refractivity contribution in [2.24, 2.45) is 11.0 Å².